The summed E-state index contributed by atoms with van der Waals surface area (Å²) in [6.07, 6.45) is 2.43. The Morgan fingerprint density at radius 2 is 2.00 bits per heavy atom. The van der Waals surface area contributed by atoms with E-state index in [4.69, 9.17) is 9.94 Å². The van der Waals surface area contributed by atoms with E-state index in [1.165, 1.54) is 9.79 Å². The van der Waals surface area contributed by atoms with Crippen LogP contribution < -0.4 is 10.2 Å². The molecule has 1 amide bonds. The van der Waals surface area contributed by atoms with Crippen LogP contribution in [0, 0.1) is 6.92 Å². The molecule has 7 nitrogen and oxygen atoms in total. The van der Waals surface area contributed by atoms with E-state index in [-0.39, 0.29) is 6.54 Å². The molecule has 0 aliphatic carbocycles. The van der Waals surface area contributed by atoms with E-state index < -0.39 is 21.7 Å². The lowest BCUT2D eigenvalue weighted by atomic mass is 9.93. The van der Waals surface area contributed by atoms with E-state index in [1.807, 2.05) is 37.3 Å². The average Bonchev–Trinajstić information content (AvgIpc) is 2.74. The summed E-state index contributed by atoms with van der Waals surface area (Å²) >= 11 is 0. The smallest absolute Gasteiger partial charge is 0.259 e. The highest BCUT2D eigenvalue weighted by molar-refractivity contribution is 7.89. The van der Waals surface area contributed by atoms with Gasteiger partial charge in [-0.2, -0.15) is 4.31 Å². The standard InChI is InChI=1S/C22H26N2O5S/c1-3-29-20-6-4-5-19(14-20)21-8-7-18(13-16(21)2)17-9-11-24(12-10-17)30(27,28)15-22(25)23-26/h4-9,13-14,26H,3,10-12,15H2,1-2H3,(H,23,25). The van der Waals surface area contributed by atoms with Crippen LogP contribution in [0.2, 0.25) is 0 Å². The van der Waals surface area contributed by atoms with Crippen LogP contribution in [0.1, 0.15) is 24.5 Å². The lowest BCUT2D eigenvalue weighted by Gasteiger charge is -2.26. The van der Waals surface area contributed by atoms with E-state index in [0.29, 0.717) is 19.6 Å². The molecule has 0 unspecified atom stereocenters. The second-order valence-corrected chi connectivity index (χ2v) is 9.09. The lowest BCUT2D eigenvalue weighted by molar-refractivity contribution is -0.126. The lowest BCUT2D eigenvalue weighted by Crippen LogP contribution is -2.40. The quantitative estimate of drug-likeness (QED) is 0.520. The number of carbonyl (C=O) groups is 1. The van der Waals surface area contributed by atoms with E-state index in [0.717, 1.165) is 33.6 Å². The summed E-state index contributed by atoms with van der Waals surface area (Å²) in [5, 5.41) is 8.56. The highest BCUT2D eigenvalue weighted by Gasteiger charge is 2.27. The predicted octanol–water partition coefficient (Wildman–Crippen LogP) is 2.99. The Kier molecular flexibility index (Phi) is 6.91. The zero-order chi connectivity index (χ0) is 21.7. The first kappa shape index (κ1) is 22.0. The first-order chi connectivity index (χ1) is 14.3. The molecule has 0 spiro atoms. The molecule has 0 bridgehead atoms. The third-order valence-electron chi connectivity index (χ3n) is 5.06. The van der Waals surface area contributed by atoms with Crippen LogP contribution in [-0.2, 0) is 14.8 Å². The van der Waals surface area contributed by atoms with Gasteiger partial charge in [0.15, 0.2) is 0 Å². The van der Waals surface area contributed by atoms with Crippen molar-refractivity contribution in [3.63, 3.8) is 0 Å². The number of hydrogen-bond acceptors (Lipinski definition) is 5. The number of rotatable bonds is 7. The zero-order valence-corrected chi connectivity index (χ0v) is 17.9. The Balaban J connectivity index is 1.77. The van der Waals surface area contributed by atoms with Crippen LogP contribution in [0.25, 0.3) is 16.7 Å². The van der Waals surface area contributed by atoms with Crippen molar-refractivity contribution in [2.24, 2.45) is 0 Å². The van der Waals surface area contributed by atoms with Crippen molar-refractivity contribution < 1.29 is 23.2 Å². The first-order valence-electron chi connectivity index (χ1n) is 9.78. The number of benzene rings is 2. The number of hydroxylamine groups is 1. The van der Waals surface area contributed by atoms with Crippen LogP contribution in [0.15, 0.2) is 48.5 Å². The maximum atomic E-state index is 12.2. The molecule has 1 aliphatic rings. The largest absolute Gasteiger partial charge is 0.494 e. The van der Waals surface area contributed by atoms with Crippen LogP contribution in [-0.4, -0.2) is 49.3 Å². The van der Waals surface area contributed by atoms with Crippen molar-refractivity contribution >= 4 is 21.5 Å². The van der Waals surface area contributed by atoms with Crippen LogP contribution in [0.5, 0.6) is 5.75 Å². The molecule has 3 rings (SSSR count). The van der Waals surface area contributed by atoms with E-state index >= 15 is 0 Å². The van der Waals surface area contributed by atoms with Crippen LogP contribution in [0.3, 0.4) is 0 Å². The van der Waals surface area contributed by atoms with E-state index in [2.05, 4.69) is 25.1 Å². The number of hydrogen-bond donors (Lipinski definition) is 2. The van der Waals surface area contributed by atoms with Crippen molar-refractivity contribution in [3.05, 3.63) is 59.7 Å². The molecule has 2 N–H and O–H groups in total. The van der Waals surface area contributed by atoms with Gasteiger partial charge in [0.25, 0.3) is 5.91 Å². The van der Waals surface area contributed by atoms with Crippen molar-refractivity contribution in [1.82, 2.24) is 9.79 Å². The third-order valence-corrected chi connectivity index (χ3v) is 6.80. The predicted molar refractivity (Wildman–Crippen MR) is 116 cm³/mol. The summed E-state index contributed by atoms with van der Waals surface area (Å²) in [5.74, 6) is -0.865. The SMILES string of the molecule is CCOc1cccc(-c2ccc(C3=CCN(S(=O)(=O)CC(=O)NO)CC3)cc2C)c1. The molecule has 0 atom stereocenters. The van der Waals surface area contributed by atoms with Gasteiger partial charge >= 0.3 is 0 Å². The summed E-state index contributed by atoms with van der Waals surface area (Å²) in [6.45, 7) is 5.13. The molecule has 2 aromatic rings. The van der Waals surface area contributed by atoms with Gasteiger partial charge < -0.3 is 4.74 Å². The van der Waals surface area contributed by atoms with Crippen molar-refractivity contribution in [3.8, 4) is 16.9 Å². The number of sulfonamides is 1. The van der Waals surface area contributed by atoms with Gasteiger partial charge in [-0.3, -0.25) is 10.0 Å². The zero-order valence-electron chi connectivity index (χ0n) is 17.1. The van der Waals surface area contributed by atoms with E-state index in [1.54, 1.807) is 0 Å². The maximum absolute atomic E-state index is 12.2. The van der Waals surface area contributed by atoms with Crippen molar-refractivity contribution in [2.45, 2.75) is 20.3 Å². The Labute approximate surface area is 177 Å². The number of nitrogens with one attached hydrogen (secondary N) is 1. The van der Waals surface area contributed by atoms with Gasteiger partial charge in [0.1, 0.15) is 11.5 Å². The molecular weight excluding hydrogens is 404 g/mol. The molecule has 30 heavy (non-hydrogen) atoms. The number of amides is 1. The average molecular weight is 431 g/mol. The Morgan fingerprint density at radius 3 is 2.63 bits per heavy atom. The van der Waals surface area contributed by atoms with Gasteiger partial charge in [-0.15, -0.1) is 0 Å². The molecule has 0 saturated heterocycles. The van der Waals surface area contributed by atoms with Crippen LogP contribution >= 0.6 is 0 Å². The van der Waals surface area contributed by atoms with Gasteiger partial charge in [-0.05, 0) is 60.2 Å². The number of aryl methyl sites for hydroxylation is 1. The summed E-state index contributed by atoms with van der Waals surface area (Å²) in [6, 6.07) is 14.2. The molecule has 0 radical (unpaired) electrons. The second kappa shape index (κ2) is 9.42. The summed E-state index contributed by atoms with van der Waals surface area (Å²) in [5.41, 5.74) is 6.82. The van der Waals surface area contributed by atoms with Crippen molar-refractivity contribution in [1.29, 1.82) is 0 Å². The number of carbonyl (C=O) groups excluding carboxylic acids is 1. The van der Waals surface area contributed by atoms with Crippen LogP contribution in [0.4, 0.5) is 0 Å². The minimum Gasteiger partial charge on any atom is -0.494 e. The minimum atomic E-state index is -3.76. The fraction of sp³-hybridized carbons (Fsp3) is 0.318. The molecule has 0 fully saturated rings. The van der Waals surface area contributed by atoms with Gasteiger partial charge in [-0.25, -0.2) is 13.9 Å². The Bertz CT molecular complexity index is 1060. The molecule has 160 valence electrons. The summed E-state index contributed by atoms with van der Waals surface area (Å²) < 4.78 is 31.3. The topological polar surface area (TPSA) is 95.9 Å². The number of ether oxygens (including phenoxy) is 1. The van der Waals surface area contributed by atoms with Gasteiger partial charge in [0, 0.05) is 13.1 Å². The molecule has 0 saturated carbocycles. The third kappa shape index (κ3) is 5.08. The normalized spacial score (nSPS) is 14.8. The molecule has 2 aromatic carbocycles. The molecule has 1 aliphatic heterocycles. The number of nitrogens with zero attached hydrogens (tertiary/aromatic N) is 1. The van der Waals surface area contributed by atoms with Gasteiger partial charge in [-0.1, -0.05) is 36.4 Å². The highest BCUT2D eigenvalue weighted by atomic mass is 32.2. The van der Waals surface area contributed by atoms with Gasteiger partial charge in [0.05, 0.1) is 6.61 Å². The first-order valence-corrected chi connectivity index (χ1v) is 11.4. The van der Waals surface area contributed by atoms with Gasteiger partial charge in [0.2, 0.25) is 10.0 Å². The molecular formula is C22H26N2O5S. The molecule has 1 heterocycles. The fourth-order valence-electron chi connectivity index (χ4n) is 3.56. The maximum Gasteiger partial charge on any atom is 0.259 e. The van der Waals surface area contributed by atoms with Crippen molar-refractivity contribution in [2.75, 3.05) is 25.4 Å². The summed E-state index contributed by atoms with van der Waals surface area (Å²) in [4.78, 5) is 11.2. The monoisotopic (exact) mass is 430 g/mol. The highest BCUT2D eigenvalue weighted by Crippen LogP contribution is 2.31. The second-order valence-electron chi connectivity index (χ2n) is 7.12. The summed E-state index contributed by atoms with van der Waals surface area (Å²) in [7, 11) is -3.76. The van der Waals surface area contributed by atoms with E-state index in [9.17, 15) is 13.2 Å². The Morgan fingerprint density at radius 1 is 1.20 bits per heavy atom. The Hall–Kier alpha value is -2.68. The molecule has 0 aromatic heterocycles. The minimum absolute atomic E-state index is 0.202. The fourth-order valence-corrected chi connectivity index (χ4v) is 4.81. The molecule has 8 heteroatoms.